The van der Waals surface area contributed by atoms with Crippen molar-refractivity contribution in [3.63, 3.8) is 0 Å². The molecule has 0 fully saturated rings. The van der Waals surface area contributed by atoms with Crippen molar-refractivity contribution in [2.24, 2.45) is 0 Å². The molecule has 0 bridgehead atoms. The zero-order valence-corrected chi connectivity index (χ0v) is 18.7. The molecule has 0 heterocycles. The SMILES string of the molecule is COc1ccc(C(=O)Oc2ccc(/C=C(/C#N)C(=O)Nc3ccc([N+](=O)[O-])cc3)cc2OC)cc1. The van der Waals surface area contributed by atoms with E-state index in [-0.39, 0.29) is 22.8 Å². The summed E-state index contributed by atoms with van der Waals surface area (Å²) in [4.78, 5) is 35.1. The molecule has 3 rings (SSSR count). The summed E-state index contributed by atoms with van der Waals surface area (Å²) in [6.45, 7) is 0. The largest absolute Gasteiger partial charge is 0.497 e. The highest BCUT2D eigenvalue weighted by Gasteiger charge is 2.15. The number of rotatable bonds is 8. The molecule has 0 saturated carbocycles. The van der Waals surface area contributed by atoms with Gasteiger partial charge < -0.3 is 19.5 Å². The second-order valence-electron chi connectivity index (χ2n) is 6.96. The van der Waals surface area contributed by atoms with E-state index >= 15 is 0 Å². The summed E-state index contributed by atoms with van der Waals surface area (Å²) in [5.74, 6) is -0.334. The van der Waals surface area contributed by atoms with Crippen LogP contribution in [0.3, 0.4) is 0 Å². The fourth-order valence-electron chi connectivity index (χ4n) is 2.92. The molecule has 0 aliphatic carbocycles. The summed E-state index contributed by atoms with van der Waals surface area (Å²) in [6.07, 6.45) is 1.33. The van der Waals surface area contributed by atoms with Gasteiger partial charge in [0.05, 0.1) is 24.7 Å². The predicted octanol–water partition coefficient (Wildman–Crippen LogP) is 4.38. The Hall–Kier alpha value is -5.17. The lowest BCUT2D eigenvalue weighted by Gasteiger charge is -2.10. The summed E-state index contributed by atoms with van der Waals surface area (Å²) in [7, 11) is 2.91. The number of non-ortho nitro benzene ring substituents is 1. The van der Waals surface area contributed by atoms with Gasteiger partial charge in [-0.3, -0.25) is 14.9 Å². The minimum absolute atomic E-state index is 0.126. The summed E-state index contributed by atoms with van der Waals surface area (Å²) in [5, 5.41) is 22.7. The van der Waals surface area contributed by atoms with Crippen LogP contribution in [0.15, 0.2) is 72.3 Å². The van der Waals surface area contributed by atoms with Crippen molar-refractivity contribution in [2.75, 3.05) is 19.5 Å². The van der Waals surface area contributed by atoms with Crippen molar-refractivity contribution in [1.29, 1.82) is 5.26 Å². The Morgan fingerprint density at radius 3 is 2.23 bits per heavy atom. The van der Waals surface area contributed by atoms with Gasteiger partial charge in [-0.25, -0.2) is 4.79 Å². The fourth-order valence-corrected chi connectivity index (χ4v) is 2.92. The lowest BCUT2D eigenvalue weighted by atomic mass is 10.1. The van der Waals surface area contributed by atoms with Crippen LogP contribution in [0.5, 0.6) is 17.2 Å². The Labute approximate surface area is 200 Å². The van der Waals surface area contributed by atoms with Gasteiger partial charge in [-0.2, -0.15) is 5.26 Å². The summed E-state index contributed by atoms with van der Waals surface area (Å²) >= 11 is 0. The second kappa shape index (κ2) is 11.1. The maximum Gasteiger partial charge on any atom is 0.343 e. The molecular weight excluding hydrogens is 454 g/mol. The third kappa shape index (κ3) is 6.21. The van der Waals surface area contributed by atoms with Gasteiger partial charge in [0.25, 0.3) is 11.6 Å². The molecule has 0 radical (unpaired) electrons. The second-order valence-corrected chi connectivity index (χ2v) is 6.96. The topological polar surface area (TPSA) is 141 Å². The number of nitrogens with one attached hydrogen (secondary N) is 1. The quantitative estimate of drug-likeness (QED) is 0.127. The Morgan fingerprint density at radius 1 is 0.971 bits per heavy atom. The Morgan fingerprint density at radius 2 is 1.66 bits per heavy atom. The molecule has 1 amide bonds. The molecule has 35 heavy (non-hydrogen) atoms. The lowest BCUT2D eigenvalue weighted by Crippen LogP contribution is -2.13. The number of methoxy groups -OCH3 is 2. The first-order valence-electron chi connectivity index (χ1n) is 10.1. The molecule has 0 atom stereocenters. The number of nitro benzene ring substituents is 1. The van der Waals surface area contributed by atoms with E-state index in [1.807, 2.05) is 6.07 Å². The number of carbonyl (C=O) groups is 2. The van der Waals surface area contributed by atoms with E-state index in [1.54, 1.807) is 30.3 Å². The molecule has 0 aliphatic heterocycles. The first-order valence-corrected chi connectivity index (χ1v) is 10.1. The maximum absolute atomic E-state index is 12.5. The van der Waals surface area contributed by atoms with Crippen molar-refractivity contribution in [3.8, 4) is 23.3 Å². The predicted molar refractivity (Wildman–Crippen MR) is 126 cm³/mol. The van der Waals surface area contributed by atoms with E-state index in [0.29, 0.717) is 22.6 Å². The van der Waals surface area contributed by atoms with Crippen molar-refractivity contribution in [2.45, 2.75) is 0 Å². The zero-order chi connectivity index (χ0) is 25.4. The maximum atomic E-state index is 12.5. The molecular formula is C25H19N3O7. The normalized spacial score (nSPS) is 10.6. The van der Waals surface area contributed by atoms with Crippen molar-refractivity contribution in [1.82, 2.24) is 0 Å². The minimum Gasteiger partial charge on any atom is -0.497 e. The third-order valence-electron chi connectivity index (χ3n) is 4.73. The van der Waals surface area contributed by atoms with E-state index in [4.69, 9.17) is 14.2 Å². The highest BCUT2D eigenvalue weighted by atomic mass is 16.6. The van der Waals surface area contributed by atoms with E-state index < -0.39 is 16.8 Å². The molecule has 1 N–H and O–H groups in total. The van der Waals surface area contributed by atoms with E-state index in [2.05, 4.69) is 5.32 Å². The number of carbonyl (C=O) groups excluding carboxylic acids is 2. The molecule has 3 aromatic carbocycles. The zero-order valence-electron chi connectivity index (χ0n) is 18.7. The Bertz CT molecular complexity index is 1320. The van der Waals surface area contributed by atoms with Crippen LogP contribution >= 0.6 is 0 Å². The van der Waals surface area contributed by atoms with Crippen LogP contribution in [0.1, 0.15) is 15.9 Å². The molecule has 0 unspecified atom stereocenters. The number of benzene rings is 3. The number of esters is 1. The number of anilines is 1. The number of nitrogens with zero attached hydrogens (tertiary/aromatic N) is 2. The monoisotopic (exact) mass is 473 g/mol. The molecule has 3 aromatic rings. The van der Waals surface area contributed by atoms with Crippen molar-refractivity contribution < 1.29 is 28.7 Å². The van der Waals surface area contributed by atoms with Crippen LogP contribution in [0.2, 0.25) is 0 Å². The van der Waals surface area contributed by atoms with Gasteiger partial charge in [0.15, 0.2) is 11.5 Å². The number of hydrogen-bond donors (Lipinski definition) is 1. The first kappa shape index (κ1) is 24.5. The standard InChI is InChI=1S/C25H19N3O7/c1-33-21-10-4-17(5-11-21)25(30)35-22-12-3-16(14-23(22)34-2)13-18(15-26)24(29)27-19-6-8-20(9-7-19)28(31)32/h3-14H,1-2H3,(H,27,29)/b18-13-. The molecule has 0 aliphatic rings. The van der Waals surface area contributed by atoms with Crippen LogP contribution in [-0.2, 0) is 4.79 Å². The lowest BCUT2D eigenvalue weighted by molar-refractivity contribution is -0.384. The van der Waals surface area contributed by atoms with Crippen LogP contribution in [0.25, 0.3) is 6.08 Å². The number of amides is 1. The molecule has 0 saturated heterocycles. The Balaban J connectivity index is 1.76. The van der Waals surface area contributed by atoms with Crippen molar-refractivity contribution in [3.05, 3.63) is 93.5 Å². The van der Waals surface area contributed by atoms with E-state index in [0.717, 1.165) is 0 Å². The summed E-state index contributed by atoms with van der Waals surface area (Å²) in [6, 6.07) is 17.9. The first-order chi connectivity index (χ1) is 16.8. The van der Waals surface area contributed by atoms with Gasteiger partial charge in [-0.05, 0) is 60.2 Å². The molecule has 10 nitrogen and oxygen atoms in total. The third-order valence-corrected chi connectivity index (χ3v) is 4.73. The highest BCUT2D eigenvalue weighted by Crippen LogP contribution is 2.30. The van der Waals surface area contributed by atoms with Gasteiger partial charge in [0, 0.05) is 17.8 Å². The molecule has 0 aromatic heterocycles. The molecule has 10 heteroatoms. The Kier molecular flexibility index (Phi) is 7.77. The number of hydrogen-bond acceptors (Lipinski definition) is 8. The average molecular weight is 473 g/mol. The van der Waals surface area contributed by atoms with Gasteiger partial charge in [-0.15, -0.1) is 0 Å². The fraction of sp³-hybridized carbons (Fsp3) is 0.0800. The van der Waals surface area contributed by atoms with Crippen LogP contribution < -0.4 is 19.5 Å². The summed E-state index contributed by atoms with van der Waals surface area (Å²) < 4.78 is 15.8. The number of nitriles is 1. The number of ether oxygens (including phenoxy) is 3. The smallest absolute Gasteiger partial charge is 0.343 e. The van der Waals surface area contributed by atoms with Crippen LogP contribution in [0, 0.1) is 21.4 Å². The van der Waals surface area contributed by atoms with Crippen molar-refractivity contribution >= 4 is 29.3 Å². The number of nitro groups is 1. The van der Waals surface area contributed by atoms with Gasteiger partial charge in [0.1, 0.15) is 17.4 Å². The van der Waals surface area contributed by atoms with Gasteiger partial charge in [0.2, 0.25) is 0 Å². The van der Waals surface area contributed by atoms with Crippen LogP contribution in [0.4, 0.5) is 11.4 Å². The van der Waals surface area contributed by atoms with E-state index in [9.17, 15) is 25.0 Å². The van der Waals surface area contributed by atoms with E-state index in [1.165, 1.54) is 56.7 Å². The van der Waals surface area contributed by atoms with Crippen LogP contribution in [-0.4, -0.2) is 31.0 Å². The molecule has 176 valence electrons. The van der Waals surface area contributed by atoms with Gasteiger partial charge in [-0.1, -0.05) is 6.07 Å². The highest BCUT2D eigenvalue weighted by molar-refractivity contribution is 6.09. The minimum atomic E-state index is -0.699. The van der Waals surface area contributed by atoms with Gasteiger partial charge >= 0.3 is 5.97 Å². The average Bonchev–Trinajstić information content (AvgIpc) is 2.88. The molecule has 0 spiro atoms. The summed E-state index contributed by atoms with van der Waals surface area (Å²) in [5.41, 5.74) is 0.709.